The van der Waals surface area contributed by atoms with Crippen LogP contribution in [0.5, 0.6) is 0 Å². The number of rotatable bonds is 1. The van der Waals surface area contributed by atoms with Crippen LogP contribution in [-0.4, -0.2) is 45.4 Å². The molecule has 19 heavy (non-hydrogen) atoms. The van der Waals surface area contributed by atoms with Crippen LogP contribution in [0.4, 0.5) is 4.79 Å². The minimum absolute atomic E-state index is 0.233. The monoisotopic (exact) mass is 288 g/mol. The summed E-state index contributed by atoms with van der Waals surface area (Å²) in [6.07, 6.45) is 1.51. The summed E-state index contributed by atoms with van der Waals surface area (Å²) in [5.74, 6) is 2.09. The Morgan fingerprint density at radius 2 is 1.74 bits per heavy atom. The normalized spacial score (nSPS) is 32.8. The highest BCUT2D eigenvalue weighted by Crippen LogP contribution is 2.33. The van der Waals surface area contributed by atoms with Crippen LogP contribution < -0.4 is 0 Å². The van der Waals surface area contributed by atoms with Gasteiger partial charge in [-0.05, 0) is 45.4 Å². The molecule has 0 bridgehead atoms. The minimum Gasteiger partial charge on any atom is -0.444 e. The van der Waals surface area contributed by atoms with Gasteiger partial charge in [0.05, 0.1) is 0 Å². The van der Waals surface area contributed by atoms with Crippen LogP contribution in [0.2, 0.25) is 0 Å². The zero-order valence-corrected chi connectivity index (χ0v) is 12.8. The number of carbonyl (C=O) groups is 1. The molecule has 110 valence electrons. The lowest BCUT2D eigenvalue weighted by Crippen LogP contribution is -2.54. The van der Waals surface area contributed by atoms with E-state index in [0.29, 0.717) is 23.3 Å². The van der Waals surface area contributed by atoms with Gasteiger partial charge in [-0.1, -0.05) is 0 Å². The number of hydrogen-bond donors (Lipinski definition) is 1. The van der Waals surface area contributed by atoms with Crippen molar-refractivity contribution >= 4 is 15.8 Å². The lowest BCUT2D eigenvalue weighted by molar-refractivity contribution is -0.0118. The van der Waals surface area contributed by atoms with E-state index in [1.54, 1.807) is 4.90 Å². The van der Waals surface area contributed by atoms with E-state index in [2.05, 4.69) is 0 Å². The molecule has 0 spiro atoms. The van der Waals surface area contributed by atoms with Crippen molar-refractivity contribution in [1.29, 1.82) is 4.78 Å². The van der Waals surface area contributed by atoms with Gasteiger partial charge in [0.25, 0.3) is 0 Å². The molecule has 0 radical (unpaired) electrons. The first kappa shape index (κ1) is 14.6. The lowest BCUT2D eigenvalue weighted by atomic mass is 9.82. The molecule has 6 heteroatoms. The number of hydrogen-bond acceptors (Lipinski definition) is 4. The minimum atomic E-state index is -2.29. The first-order chi connectivity index (χ1) is 8.66. The third kappa shape index (κ3) is 3.84. The maximum Gasteiger partial charge on any atom is 0.410 e. The molecule has 5 nitrogen and oxygen atoms in total. The molecular weight excluding hydrogens is 264 g/mol. The Morgan fingerprint density at radius 1 is 1.21 bits per heavy atom. The standard InChI is InChI=1S/C13H24N2O3S/c1-13(2,3)18-12(16)15-8-11(9-15)10-4-6-19(14,17)7-5-10/h10-11,14H,4-9H2,1-3H3. The highest BCUT2D eigenvalue weighted by atomic mass is 32.2. The Balaban J connectivity index is 1.76. The summed E-state index contributed by atoms with van der Waals surface area (Å²) in [7, 11) is -2.29. The van der Waals surface area contributed by atoms with Gasteiger partial charge in [0.1, 0.15) is 5.60 Å². The van der Waals surface area contributed by atoms with Crippen LogP contribution in [0.3, 0.4) is 0 Å². The van der Waals surface area contributed by atoms with Crippen molar-refractivity contribution < 1.29 is 13.7 Å². The van der Waals surface area contributed by atoms with E-state index < -0.39 is 15.3 Å². The largest absolute Gasteiger partial charge is 0.444 e. The van der Waals surface area contributed by atoms with Gasteiger partial charge in [0.15, 0.2) is 0 Å². The molecule has 0 unspecified atom stereocenters. The highest BCUT2D eigenvalue weighted by Gasteiger charge is 2.39. The fraction of sp³-hybridized carbons (Fsp3) is 0.923. The van der Waals surface area contributed by atoms with Crippen molar-refractivity contribution in [3.8, 4) is 0 Å². The molecule has 0 aromatic heterocycles. The third-order valence-electron chi connectivity index (χ3n) is 3.86. The second-order valence-electron chi connectivity index (χ2n) is 6.70. The molecule has 0 saturated carbocycles. The molecule has 2 saturated heterocycles. The van der Waals surface area contributed by atoms with Crippen molar-refractivity contribution in [3.05, 3.63) is 0 Å². The molecule has 0 aromatic rings. The zero-order valence-electron chi connectivity index (χ0n) is 12.0. The van der Waals surface area contributed by atoms with Crippen molar-refractivity contribution in [3.63, 3.8) is 0 Å². The smallest absolute Gasteiger partial charge is 0.410 e. The van der Waals surface area contributed by atoms with Gasteiger partial charge in [-0.25, -0.2) is 9.00 Å². The van der Waals surface area contributed by atoms with Gasteiger partial charge in [0, 0.05) is 34.3 Å². The summed E-state index contributed by atoms with van der Waals surface area (Å²) in [6.45, 7) is 7.11. The van der Waals surface area contributed by atoms with Gasteiger partial charge in [-0.15, -0.1) is 0 Å². The number of nitrogens with one attached hydrogen (secondary N) is 1. The van der Waals surface area contributed by atoms with Crippen LogP contribution >= 0.6 is 0 Å². The SMILES string of the molecule is CC(C)(C)OC(=O)N1CC(C2CCS(=N)(=O)CC2)C1. The van der Waals surface area contributed by atoms with Crippen LogP contribution in [-0.2, 0) is 14.5 Å². The van der Waals surface area contributed by atoms with E-state index in [0.717, 1.165) is 25.9 Å². The topological polar surface area (TPSA) is 70.5 Å². The van der Waals surface area contributed by atoms with Crippen LogP contribution in [0.15, 0.2) is 0 Å². The molecule has 2 rings (SSSR count). The quantitative estimate of drug-likeness (QED) is 0.805. The highest BCUT2D eigenvalue weighted by molar-refractivity contribution is 7.92. The second-order valence-corrected chi connectivity index (χ2v) is 9.14. The fourth-order valence-corrected chi connectivity index (χ4v) is 4.26. The van der Waals surface area contributed by atoms with Gasteiger partial charge >= 0.3 is 6.09 Å². The maximum absolute atomic E-state index is 11.8. The number of carbonyl (C=O) groups excluding carboxylic acids is 1. The molecule has 0 aliphatic carbocycles. The molecule has 2 aliphatic heterocycles. The fourth-order valence-electron chi connectivity index (χ4n) is 2.69. The average Bonchev–Trinajstić information content (AvgIpc) is 2.15. The molecule has 0 aromatic carbocycles. The predicted octanol–water partition coefficient (Wildman–Crippen LogP) is 2.31. The Bertz CT molecular complexity index is 433. The number of likely N-dealkylation sites (tertiary alicyclic amines) is 1. The maximum atomic E-state index is 11.8. The van der Waals surface area contributed by atoms with Crippen molar-refractivity contribution in [2.24, 2.45) is 11.8 Å². The summed E-state index contributed by atoms with van der Waals surface area (Å²) in [5, 5.41) is 0. The molecule has 0 atom stereocenters. The van der Waals surface area contributed by atoms with Crippen molar-refractivity contribution in [2.45, 2.75) is 39.2 Å². The molecule has 2 aliphatic rings. The zero-order chi connectivity index (χ0) is 14.3. The number of ether oxygens (including phenoxy) is 1. The summed E-state index contributed by atoms with van der Waals surface area (Å²) < 4.78 is 24.5. The van der Waals surface area contributed by atoms with Gasteiger partial charge in [-0.2, -0.15) is 0 Å². The van der Waals surface area contributed by atoms with Gasteiger partial charge in [0.2, 0.25) is 0 Å². The first-order valence-corrected chi connectivity index (χ1v) is 8.78. The van der Waals surface area contributed by atoms with Crippen LogP contribution in [0.25, 0.3) is 0 Å². The summed E-state index contributed by atoms with van der Waals surface area (Å²) >= 11 is 0. The lowest BCUT2D eigenvalue weighted by Gasteiger charge is -2.44. The molecular formula is C13H24N2O3S. The summed E-state index contributed by atoms with van der Waals surface area (Å²) in [5.41, 5.74) is -0.441. The molecule has 2 heterocycles. The van der Waals surface area contributed by atoms with E-state index in [9.17, 15) is 9.00 Å². The van der Waals surface area contributed by atoms with E-state index >= 15 is 0 Å². The second kappa shape index (κ2) is 4.96. The summed E-state index contributed by atoms with van der Waals surface area (Å²) in [6, 6.07) is 0. The van der Waals surface area contributed by atoms with E-state index in [1.165, 1.54) is 0 Å². The van der Waals surface area contributed by atoms with Crippen molar-refractivity contribution in [2.75, 3.05) is 24.6 Å². The van der Waals surface area contributed by atoms with Gasteiger partial charge < -0.3 is 9.64 Å². The van der Waals surface area contributed by atoms with Gasteiger partial charge in [-0.3, -0.25) is 4.78 Å². The number of amides is 1. The van der Waals surface area contributed by atoms with E-state index in [-0.39, 0.29) is 6.09 Å². The third-order valence-corrected chi connectivity index (χ3v) is 5.66. The Kier molecular flexibility index (Phi) is 3.82. The van der Waals surface area contributed by atoms with E-state index in [1.807, 2.05) is 20.8 Å². The predicted molar refractivity (Wildman–Crippen MR) is 74.6 cm³/mol. The van der Waals surface area contributed by atoms with Crippen molar-refractivity contribution in [1.82, 2.24) is 4.90 Å². The number of nitrogens with zero attached hydrogens (tertiary/aromatic N) is 1. The molecule has 1 N–H and O–H groups in total. The molecule has 2 fully saturated rings. The average molecular weight is 288 g/mol. The summed E-state index contributed by atoms with van der Waals surface area (Å²) in [4.78, 5) is 13.5. The first-order valence-electron chi connectivity index (χ1n) is 6.88. The Morgan fingerprint density at radius 3 is 2.21 bits per heavy atom. The van der Waals surface area contributed by atoms with Crippen LogP contribution in [0, 0.1) is 16.6 Å². The Labute approximate surface area is 115 Å². The molecule has 1 amide bonds. The van der Waals surface area contributed by atoms with Crippen LogP contribution in [0.1, 0.15) is 33.6 Å². The van der Waals surface area contributed by atoms with E-state index in [4.69, 9.17) is 9.52 Å². The Hall–Kier alpha value is -0.780.